The highest BCUT2D eigenvalue weighted by Crippen LogP contribution is 2.39. The van der Waals surface area contributed by atoms with Crippen LogP contribution in [0.1, 0.15) is 32.9 Å². The Labute approximate surface area is 286 Å². The molecule has 0 unspecified atom stereocenters. The molecular weight excluding hydrogens is 540 g/mol. The van der Waals surface area contributed by atoms with Crippen molar-refractivity contribution in [3.8, 4) is 39.9 Å². The predicted molar refractivity (Wildman–Crippen MR) is 178 cm³/mol. The molecule has 0 radical (unpaired) electrons. The number of hydrogen-bond donors (Lipinski definition) is 0. The standard InChI is InChI=1S/C39H24N4O/c1-3-12-25(13-4-1)37-40-38(26-14-5-2-6-15-26)42-39(41-37)27-22-23-30-31-18-11-21-34(36(31)44-35(30)24-27)43-32-19-9-7-16-28(32)29-17-8-10-20-33(29)43/h1-24H/i1D,2D,3D,4D,5D,6D,7D,8D,9D,10D,11D,12D,13D,14D,15D,16D,17D,18D,19D,20D,21D,22D,23D,24D. The maximum Gasteiger partial charge on any atom is 0.164 e. The van der Waals surface area contributed by atoms with Gasteiger partial charge in [-0.2, -0.15) is 0 Å². The number of hydrogen-bond acceptors (Lipinski definition) is 4. The maximum absolute atomic E-state index is 9.49. The van der Waals surface area contributed by atoms with Crippen molar-refractivity contribution in [1.29, 1.82) is 0 Å². The molecular formula is C39H24N4O. The summed E-state index contributed by atoms with van der Waals surface area (Å²) in [5.74, 6) is -2.28. The van der Waals surface area contributed by atoms with Crippen molar-refractivity contribution in [2.75, 3.05) is 0 Å². The molecule has 3 heterocycles. The molecule has 44 heavy (non-hydrogen) atoms. The van der Waals surface area contributed by atoms with Gasteiger partial charge in [0, 0.05) is 38.2 Å². The second-order valence-electron chi connectivity index (χ2n) is 9.07. The third-order valence-electron chi connectivity index (χ3n) is 6.61. The van der Waals surface area contributed by atoms with E-state index in [1.54, 1.807) is 0 Å². The van der Waals surface area contributed by atoms with E-state index in [2.05, 4.69) is 15.0 Å². The van der Waals surface area contributed by atoms with Crippen LogP contribution < -0.4 is 0 Å². The van der Waals surface area contributed by atoms with Crippen molar-refractivity contribution < 1.29 is 37.3 Å². The third-order valence-corrected chi connectivity index (χ3v) is 6.61. The smallest absolute Gasteiger partial charge is 0.164 e. The predicted octanol–water partition coefficient (Wildman–Crippen LogP) is 9.87. The van der Waals surface area contributed by atoms with Gasteiger partial charge in [-0.1, -0.05) is 115 Å². The normalized spacial score (nSPS) is 19.3. The summed E-state index contributed by atoms with van der Waals surface area (Å²) < 4.78 is 215. The quantitative estimate of drug-likeness (QED) is 0.205. The van der Waals surface area contributed by atoms with Gasteiger partial charge in [0.05, 0.1) is 49.6 Å². The van der Waals surface area contributed by atoms with Gasteiger partial charge in [0.1, 0.15) is 5.58 Å². The number of para-hydroxylation sites is 3. The van der Waals surface area contributed by atoms with Crippen LogP contribution in [0.5, 0.6) is 0 Å². The molecule has 0 spiro atoms. The van der Waals surface area contributed by atoms with Crippen molar-refractivity contribution in [2.24, 2.45) is 0 Å². The molecule has 5 heteroatoms. The lowest BCUT2D eigenvalue weighted by Gasteiger charge is -2.08. The Bertz CT molecular complexity index is 3640. The Kier molecular flexibility index (Phi) is 2.34. The van der Waals surface area contributed by atoms with E-state index in [-0.39, 0.29) is 0 Å². The van der Waals surface area contributed by atoms with E-state index in [4.69, 9.17) is 31.8 Å². The molecule has 0 aliphatic rings. The van der Waals surface area contributed by atoms with E-state index >= 15 is 0 Å². The fourth-order valence-corrected chi connectivity index (χ4v) is 4.75. The highest BCUT2D eigenvalue weighted by Gasteiger charge is 2.18. The highest BCUT2D eigenvalue weighted by molar-refractivity contribution is 6.12. The molecule has 0 saturated carbocycles. The lowest BCUT2D eigenvalue weighted by atomic mass is 10.1. The molecule has 206 valence electrons. The molecule has 0 N–H and O–H groups in total. The van der Waals surface area contributed by atoms with Gasteiger partial charge in [-0.05, 0) is 30.2 Å². The summed E-state index contributed by atoms with van der Waals surface area (Å²) in [5.41, 5.74) is -4.92. The molecule has 6 aromatic carbocycles. The molecule has 9 rings (SSSR count). The van der Waals surface area contributed by atoms with E-state index in [0.717, 1.165) is 4.57 Å². The zero-order valence-electron chi connectivity index (χ0n) is 45.7. The van der Waals surface area contributed by atoms with Crippen molar-refractivity contribution in [1.82, 2.24) is 19.5 Å². The number of benzene rings is 6. The number of rotatable bonds is 4. The molecule has 0 amide bonds. The van der Waals surface area contributed by atoms with E-state index in [1.807, 2.05) is 0 Å². The fraction of sp³-hybridized carbons (Fsp3) is 0. The van der Waals surface area contributed by atoms with Crippen LogP contribution in [0.4, 0.5) is 0 Å². The molecule has 0 atom stereocenters. The number of aromatic nitrogens is 4. The second-order valence-corrected chi connectivity index (χ2v) is 9.07. The van der Waals surface area contributed by atoms with Crippen LogP contribution in [0, 0.1) is 0 Å². The molecule has 9 aromatic rings. The summed E-state index contributed by atoms with van der Waals surface area (Å²) >= 11 is 0. The van der Waals surface area contributed by atoms with Crippen LogP contribution in [0.25, 0.3) is 83.6 Å². The number of fused-ring (bicyclic) bond motifs is 6. The van der Waals surface area contributed by atoms with E-state index in [1.165, 1.54) is 0 Å². The first kappa shape index (κ1) is 10.6. The minimum atomic E-state index is -0.905. The van der Waals surface area contributed by atoms with Crippen molar-refractivity contribution in [3.63, 3.8) is 0 Å². The summed E-state index contributed by atoms with van der Waals surface area (Å²) in [7, 11) is 0. The molecule has 0 saturated heterocycles. The van der Waals surface area contributed by atoms with Crippen LogP contribution in [0.15, 0.2) is 149 Å². The lowest BCUT2D eigenvalue weighted by molar-refractivity contribution is 0.666. The van der Waals surface area contributed by atoms with Crippen LogP contribution >= 0.6 is 0 Å². The third kappa shape index (κ3) is 3.83. The Balaban J connectivity index is 1.46. The Morgan fingerprint density at radius 3 is 1.59 bits per heavy atom. The largest absolute Gasteiger partial charge is 0.454 e. The Morgan fingerprint density at radius 2 is 0.977 bits per heavy atom. The first-order valence-electron chi connectivity index (χ1n) is 24.7. The first-order valence-corrected chi connectivity index (χ1v) is 12.7. The first-order chi connectivity index (χ1) is 31.8. The summed E-state index contributed by atoms with van der Waals surface area (Å²) in [4.78, 5) is 12.7. The van der Waals surface area contributed by atoms with Crippen molar-refractivity contribution in [2.45, 2.75) is 0 Å². The van der Waals surface area contributed by atoms with Gasteiger partial charge in [-0.25, -0.2) is 15.0 Å². The van der Waals surface area contributed by atoms with Crippen LogP contribution in [-0.2, 0) is 0 Å². The maximum atomic E-state index is 9.49. The zero-order chi connectivity index (χ0) is 49.9. The van der Waals surface area contributed by atoms with Gasteiger partial charge in [-0.3, -0.25) is 0 Å². The minimum absolute atomic E-state index is 0.402. The summed E-state index contributed by atoms with van der Waals surface area (Å²) in [5, 5.41) is -1.78. The average molecular weight is 589 g/mol. The molecule has 5 nitrogen and oxygen atoms in total. The number of nitrogens with zero attached hydrogens (tertiary/aromatic N) is 4. The van der Waals surface area contributed by atoms with Gasteiger partial charge in [0.2, 0.25) is 0 Å². The molecule has 0 fully saturated rings. The fourth-order valence-electron chi connectivity index (χ4n) is 4.75. The lowest BCUT2D eigenvalue weighted by Crippen LogP contribution is -2.00. The van der Waals surface area contributed by atoms with Crippen LogP contribution in [0.3, 0.4) is 0 Å². The molecule has 0 aliphatic heterocycles. The summed E-state index contributed by atoms with van der Waals surface area (Å²) in [6.45, 7) is 0. The second kappa shape index (κ2) is 9.75. The minimum Gasteiger partial charge on any atom is -0.454 e. The van der Waals surface area contributed by atoms with Gasteiger partial charge in [-0.15, -0.1) is 0 Å². The van der Waals surface area contributed by atoms with Crippen molar-refractivity contribution >= 4 is 43.7 Å². The van der Waals surface area contributed by atoms with Crippen molar-refractivity contribution in [3.05, 3.63) is 145 Å². The Hall–Kier alpha value is -6.07. The average Bonchev–Trinajstić information content (AvgIpc) is 3.88. The summed E-state index contributed by atoms with van der Waals surface area (Å²) in [6, 6.07) is -19.7. The topological polar surface area (TPSA) is 56.7 Å². The molecule has 0 aliphatic carbocycles. The van der Waals surface area contributed by atoms with Crippen LogP contribution in [0.2, 0.25) is 0 Å². The van der Waals surface area contributed by atoms with Gasteiger partial charge in [0.25, 0.3) is 0 Å². The highest BCUT2D eigenvalue weighted by atomic mass is 16.3. The van der Waals surface area contributed by atoms with Gasteiger partial charge >= 0.3 is 0 Å². The zero-order valence-corrected chi connectivity index (χ0v) is 21.7. The molecule has 0 bridgehead atoms. The molecule has 3 aromatic heterocycles. The van der Waals surface area contributed by atoms with E-state index in [0.29, 0.717) is 0 Å². The van der Waals surface area contributed by atoms with Crippen LogP contribution in [-0.4, -0.2) is 19.5 Å². The van der Waals surface area contributed by atoms with E-state index < -0.39 is 229 Å². The SMILES string of the molecule is [2H]c1c([2H])c([2H])c(-c2nc(-c3c([2H])c([2H])c([2H])c([2H])c3[2H])nc(-c3c([2H])c([2H])c4c(oc5c(-n6c7c([2H])c([2H])c([2H])c([2H])c7c7c([2H])c([2H])c([2H])c([2H])c76)c([2H])c([2H])c([2H])c54)c3[2H])n2)c([2H])c1[2H]. The van der Waals surface area contributed by atoms with E-state index in [9.17, 15) is 5.48 Å². The van der Waals surface area contributed by atoms with Gasteiger partial charge in [0.15, 0.2) is 23.1 Å². The number of furan rings is 1. The summed E-state index contributed by atoms with van der Waals surface area (Å²) in [6.07, 6.45) is 0. The monoisotopic (exact) mass is 588 g/mol. The van der Waals surface area contributed by atoms with Gasteiger partial charge < -0.3 is 8.98 Å². The Morgan fingerprint density at radius 1 is 0.455 bits per heavy atom.